The van der Waals surface area contributed by atoms with Gasteiger partial charge >= 0.3 is 0 Å². The van der Waals surface area contributed by atoms with Crippen molar-refractivity contribution >= 4 is 5.91 Å². The molecule has 0 saturated carbocycles. The van der Waals surface area contributed by atoms with Crippen molar-refractivity contribution in [2.24, 2.45) is 0 Å². The molecule has 1 saturated heterocycles. The van der Waals surface area contributed by atoms with Crippen LogP contribution in [0.25, 0.3) is 0 Å². The van der Waals surface area contributed by atoms with E-state index in [0.29, 0.717) is 25.6 Å². The Bertz CT molecular complexity index is 655. The minimum Gasteiger partial charge on any atom is -0.380 e. The molecule has 134 valence electrons. The molecule has 0 bridgehead atoms. The summed E-state index contributed by atoms with van der Waals surface area (Å²) in [4.78, 5) is 14.5. The third-order valence-electron chi connectivity index (χ3n) is 4.66. The Morgan fingerprint density at radius 3 is 2.84 bits per heavy atom. The third kappa shape index (κ3) is 5.14. The number of nitrogens with zero attached hydrogens (tertiary/aromatic N) is 2. The summed E-state index contributed by atoms with van der Waals surface area (Å²) < 4.78 is 5.10. The topological polar surface area (TPSA) is 70.2 Å². The predicted octanol–water partition coefficient (Wildman–Crippen LogP) is 2.05. The molecule has 1 aromatic carbocycles. The Morgan fingerprint density at radius 2 is 2.12 bits per heavy atom. The number of ether oxygens (including phenoxy) is 1. The van der Waals surface area contributed by atoms with E-state index in [2.05, 4.69) is 20.4 Å². The second-order valence-corrected chi connectivity index (χ2v) is 6.61. The molecule has 1 atom stereocenters. The fourth-order valence-electron chi connectivity index (χ4n) is 3.33. The summed E-state index contributed by atoms with van der Waals surface area (Å²) >= 11 is 0. The van der Waals surface area contributed by atoms with Crippen LogP contribution in [0.2, 0.25) is 0 Å². The number of nitrogens with one attached hydrogen (secondary N) is 2. The highest BCUT2D eigenvalue weighted by Crippen LogP contribution is 2.24. The lowest BCUT2D eigenvalue weighted by Gasteiger charge is -2.31. The Kier molecular flexibility index (Phi) is 6.19. The van der Waals surface area contributed by atoms with E-state index in [0.717, 1.165) is 37.1 Å². The maximum absolute atomic E-state index is 12.3. The first-order valence-corrected chi connectivity index (χ1v) is 8.79. The van der Waals surface area contributed by atoms with Crippen LogP contribution in [-0.4, -0.2) is 47.7 Å². The Labute approximate surface area is 148 Å². The number of aromatic nitrogens is 2. The fraction of sp³-hybridized carbons (Fsp3) is 0.474. The number of hydrogen-bond donors (Lipinski definition) is 2. The highest BCUT2D eigenvalue weighted by atomic mass is 16.5. The van der Waals surface area contributed by atoms with E-state index in [4.69, 9.17) is 4.74 Å². The number of likely N-dealkylation sites (tertiary alicyclic amines) is 1. The zero-order valence-corrected chi connectivity index (χ0v) is 14.7. The van der Waals surface area contributed by atoms with Crippen molar-refractivity contribution in [2.45, 2.75) is 31.9 Å². The molecular formula is C19H26N4O2. The summed E-state index contributed by atoms with van der Waals surface area (Å²) in [7, 11) is 1.69. The molecule has 3 rings (SSSR count). The summed E-state index contributed by atoms with van der Waals surface area (Å²) in [5, 5.41) is 10.1. The summed E-state index contributed by atoms with van der Waals surface area (Å²) in [6.45, 7) is 3.50. The molecule has 0 spiro atoms. The van der Waals surface area contributed by atoms with Gasteiger partial charge in [-0.05, 0) is 36.6 Å². The lowest BCUT2D eigenvalue weighted by atomic mass is 9.95. The van der Waals surface area contributed by atoms with Gasteiger partial charge in [0.1, 0.15) is 0 Å². The number of H-pyrrole nitrogens is 1. The van der Waals surface area contributed by atoms with Gasteiger partial charge < -0.3 is 10.1 Å². The predicted molar refractivity (Wildman–Crippen MR) is 96.0 cm³/mol. The summed E-state index contributed by atoms with van der Waals surface area (Å²) in [6.07, 6.45) is 4.05. The van der Waals surface area contributed by atoms with Gasteiger partial charge in [0.05, 0.1) is 13.2 Å². The average Bonchev–Trinajstić information content (AvgIpc) is 3.16. The second kappa shape index (κ2) is 8.78. The van der Waals surface area contributed by atoms with Gasteiger partial charge in [0.2, 0.25) is 5.91 Å². The molecule has 6 heteroatoms. The summed E-state index contributed by atoms with van der Waals surface area (Å²) in [6, 6.07) is 10.2. The van der Waals surface area contributed by atoms with E-state index in [9.17, 15) is 4.79 Å². The van der Waals surface area contributed by atoms with Gasteiger partial charge in [0.15, 0.2) is 0 Å². The Morgan fingerprint density at radius 1 is 1.32 bits per heavy atom. The number of carbonyl (C=O) groups excluding carboxylic acids is 1. The number of aromatic amines is 1. The minimum atomic E-state index is 0.0752. The molecule has 1 aliphatic rings. The average molecular weight is 342 g/mol. The monoisotopic (exact) mass is 342 g/mol. The molecule has 1 fully saturated rings. The molecule has 2 aromatic rings. The maximum Gasteiger partial charge on any atom is 0.234 e. The molecule has 2 heterocycles. The van der Waals surface area contributed by atoms with Gasteiger partial charge in [0.25, 0.3) is 0 Å². The number of amides is 1. The van der Waals surface area contributed by atoms with Gasteiger partial charge in [0, 0.05) is 38.0 Å². The van der Waals surface area contributed by atoms with Crippen LogP contribution in [-0.2, 0) is 22.7 Å². The standard InChI is InChI=1S/C19H26N4O2/c1-25-14-16-6-4-15(5-7-16)11-20-19(24)13-23-10-2-3-17(12-23)18-8-9-21-22-18/h4-9,17H,2-3,10-14H2,1H3,(H,20,24)(H,21,22)/t17-/m0/s1. The highest BCUT2D eigenvalue weighted by molar-refractivity contribution is 5.78. The largest absolute Gasteiger partial charge is 0.380 e. The summed E-state index contributed by atoms with van der Waals surface area (Å²) in [5.74, 6) is 0.517. The van der Waals surface area contributed by atoms with Crippen molar-refractivity contribution in [3.8, 4) is 0 Å². The first kappa shape index (κ1) is 17.6. The van der Waals surface area contributed by atoms with E-state index < -0.39 is 0 Å². The molecule has 25 heavy (non-hydrogen) atoms. The first-order chi connectivity index (χ1) is 12.2. The van der Waals surface area contributed by atoms with Crippen molar-refractivity contribution in [1.82, 2.24) is 20.4 Å². The quantitative estimate of drug-likeness (QED) is 0.808. The van der Waals surface area contributed by atoms with Gasteiger partial charge in [-0.2, -0.15) is 5.10 Å². The number of methoxy groups -OCH3 is 1. The zero-order chi connectivity index (χ0) is 17.5. The number of rotatable bonds is 7. The molecular weight excluding hydrogens is 316 g/mol. The number of benzene rings is 1. The van der Waals surface area contributed by atoms with Crippen LogP contribution < -0.4 is 5.32 Å². The van der Waals surface area contributed by atoms with Crippen LogP contribution in [0.4, 0.5) is 0 Å². The van der Waals surface area contributed by atoms with Crippen LogP contribution in [0.1, 0.15) is 35.6 Å². The highest BCUT2D eigenvalue weighted by Gasteiger charge is 2.23. The smallest absolute Gasteiger partial charge is 0.234 e. The van der Waals surface area contributed by atoms with Crippen LogP contribution >= 0.6 is 0 Å². The fourth-order valence-corrected chi connectivity index (χ4v) is 3.33. The van der Waals surface area contributed by atoms with E-state index in [1.165, 1.54) is 5.69 Å². The van der Waals surface area contributed by atoms with Crippen molar-refractivity contribution < 1.29 is 9.53 Å². The zero-order valence-electron chi connectivity index (χ0n) is 14.7. The molecule has 6 nitrogen and oxygen atoms in total. The van der Waals surface area contributed by atoms with E-state index >= 15 is 0 Å². The van der Waals surface area contributed by atoms with Crippen LogP contribution in [0.5, 0.6) is 0 Å². The molecule has 1 aliphatic heterocycles. The van der Waals surface area contributed by atoms with Crippen molar-refractivity contribution in [3.05, 3.63) is 53.3 Å². The molecule has 1 aromatic heterocycles. The normalized spacial score (nSPS) is 18.2. The molecule has 2 N–H and O–H groups in total. The SMILES string of the molecule is COCc1ccc(CNC(=O)CN2CCC[C@H](c3ccn[nH]3)C2)cc1. The van der Waals surface area contributed by atoms with Crippen molar-refractivity contribution in [1.29, 1.82) is 0 Å². The lowest BCUT2D eigenvalue weighted by molar-refractivity contribution is -0.122. The maximum atomic E-state index is 12.3. The van der Waals surface area contributed by atoms with Gasteiger partial charge in [-0.15, -0.1) is 0 Å². The first-order valence-electron chi connectivity index (χ1n) is 8.79. The molecule has 0 aliphatic carbocycles. The van der Waals surface area contributed by atoms with Gasteiger partial charge in [-0.25, -0.2) is 0 Å². The van der Waals surface area contributed by atoms with Crippen molar-refractivity contribution in [3.63, 3.8) is 0 Å². The van der Waals surface area contributed by atoms with Crippen molar-refractivity contribution in [2.75, 3.05) is 26.7 Å². The van der Waals surface area contributed by atoms with Crippen LogP contribution in [0.3, 0.4) is 0 Å². The van der Waals surface area contributed by atoms with Gasteiger partial charge in [-0.1, -0.05) is 24.3 Å². The third-order valence-corrected chi connectivity index (χ3v) is 4.66. The molecule has 0 unspecified atom stereocenters. The van der Waals surface area contributed by atoms with Gasteiger partial charge in [-0.3, -0.25) is 14.8 Å². The number of piperidine rings is 1. The summed E-state index contributed by atoms with van der Waals surface area (Å²) in [5.41, 5.74) is 3.40. The van der Waals surface area contributed by atoms with E-state index in [1.807, 2.05) is 30.3 Å². The lowest BCUT2D eigenvalue weighted by Crippen LogP contribution is -2.41. The van der Waals surface area contributed by atoms with Crippen LogP contribution in [0.15, 0.2) is 36.5 Å². The molecule has 1 amide bonds. The Balaban J connectivity index is 1.44. The Hall–Kier alpha value is -2.18. The second-order valence-electron chi connectivity index (χ2n) is 6.61. The minimum absolute atomic E-state index is 0.0752. The number of hydrogen-bond acceptors (Lipinski definition) is 4. The van der Waals surface area contributed by atoms with Crippen LogP contribution in [0, 0.1) is 0 Å². The molecule has 0 radical (unpaired) electrons. The number of carbonyl (C=O) groups is 1. The van der Waals surface area contributed by atoms with E-state index in [-0.39, 0.29) is 5.91 Å². The van der Waals surface area contributed by atoms with E-state index in [1.54, 1.807) is 13.3 Å².